The van der Waals surface area contributed by atoms with Crippen LogP contribution in [0.1, 0.15) is 32.1 Å². The van der Waals surface area contributed by atoms with E-state index >= 15 is 0 Å². The molecule has 0 radical (unpaired) electrons. The first kappa shape index (κ1) is 13.6. The Hall–Kier alpha value is -1.35. The van der Waals surface area contributed by atoms with E-state index in [1.165, 1.54) is 19.3 Å². The number of rotatable bonds is 2. The van der Waals surface area contributed by atoms with Crippen molar-refractivity contribution >= 4 is 11.6 Å². The molecule has 2 aliphatic carbocycles. The van der Waals surface area contributed by atoms with Crippen LogP contribution < -0.4 is 10.6 Å². The maximum Gasteiger partial charge on any atom is 0.229 e. The maximum atomic E-state index is 12.7. The van der Waals surface area contributed by atoms with Gasteiger partial charge in [0.25, 0.3) is 0 Å². The molecule has 3 nitrogen and oxygen atoms in total. The molecule has 108 valence electrons. The Labute approximate surface area is 121 Å². The SMILES string of the molecule is CN(C(=O)C1CC2CCCC(C1)C2N)c1ccccc1. The zero-order chi connectivity index (χ0) is 14.1. The van der Waals surface area contributed by atoms with Crippen LogP contribution in [0.2, 0.25) is 0 Å². The number of fused-ring (bicyclic) bond motifs is 2. The fourth-order valence-electron chi connectivity index (χ4n) is 4.04. The Balaban J connectivity index is 1.72. The van der Waals surface area contributed by atoms with E-state index in [9.17, 15) is 4.79 Å². The minimum atomic E-state index is 0.162. The second kappa shape index (κ2) is 5.57. The van der Waals surface area contributed by atoms with Gasteiger partial charge in [0.2, 0.25) is 5.91 Å². The average Bonchev–Trinajstić information content (AvgIpc) is 2.46. The van der Waals surface area contributed by atoms with Gasteiger partial charge in [0, 0.05) is 24.7 Å². The summed E-state index contributed by atoms with van der Waals surface area (Å²) in [5.74, 6) is 1.54. The number of hydrogen-bond donors (Lipinski definition) is 1. The van der Waals surface area contributed by atoms with Gasteiger partial charge in [-0.2, -0.15) is 0 Å². The molecule has 20 heavy (non-hydrogen) atoms. The van der Waals surface area contributed by atoms with E-state index in [0.29, 0.717) is 17.9 Å². The zero-order valence-corrected chi connectivity index (χ0v) is 12.2. The molecule has 1 aromatic carbocycles. The average molecular weight is 272 g/mol. The molecule has 2 N–H and O–H groups in total. The third-order valence-electron chi connectivity index (χ3n) is 5.24. The second-order valence-corrected chi connectivity index (χ2v) is 6.43. The first-order valence-electron chi connectivity index (χ1n) is 7.75. The number of carbonyl (C=O) groups is 1. The minimum Gasteiger partial charge on any atom is -0.327 e. The molecule has 3 heteroatoms. The standard InChI is InChI=1S/C17H24N2O/c1-19(15-8-3-2-4-9-15)17(20)14-10-12-6-5-7-13(11-14)16(12)18/h2-4,8-9,12-14,16H,5-7,10-11,18H2,1H3. The van der Waals surface area contributed by atoms with Crippen LogP contribution in [0.4, 0.5) is 5.69 Å². The van der Waals surface area contributed by atoms with Crippen LogP contribution in [0.25, 0.3) is 0 Å². The van der Waals surface area contributed by atoms with Gasteiger partial charge in [0.1, 0.15) is 0 Å². The number of hydrogen-bond acceptors (Lipinski definition) is 2. The number of anilines is 1. The topological polar surface area (TPSA) is 46.3 Å². The number of para-hydroxylation sites is 1. The molecule has 0 aromatic heterocycles. The van der Waals surface area contributed by atoms with E-state index < -0.39 is 0 Å². The van der Waals surface area contributed by atoms with Gasteiger partial charge in [0.05, 0.1) is 0 Å². The molecular formula is C17H24N2O. The summed E-state index contributed by atoms with van der Waals surface area (Å²) in [6.45, 7) is 0. The Bertz CT molecular complexity index is 459. The summed E-state index contributed by atoms with van der Waals surface area (Å²) in [5, 5.41) is 0. The highest BCUT2D eigenvalue weighted by molar-refractivity contribution is 5.94. The van der Waals surface area contributed by atoms with Crippen molar-refractivity contribution in [1.82, 2.24) is 0 Å². The molecule has 0 saturated heterocycles. The van der Waals surface area contributed by atoms with Crippen LogP contribution in [0.15, 0.2) is 30.3 Å². The summed E-state index contributed by atoms with van der Waals surface area (Å²) in [4.78, 5) is 14.5. The number of benzene rings is 1. The van der Waals surface area contributed by atoms with E-state index in [0.717, 1.165) is 18.5 Å². The van der Waals surface area contributed by atoms with Crippen molar-refractivity contribution in [1.29, 1.82) is 0 Å². The van der Waals surface area contributed by atoms with Crippen molar-refractivity contribution in [3.63, 3.8) is 0 Å². The van der Waals surface area contributed by atoms with Gasteiger partial charge < -0.3 is 10.6 Å². The summed E-state index contributed by atoms with van der Waals surface area (Å²) >= 11 is 0. The van der Waals surface area contributed by atoms with Gasteiger partial charge in [-0.15, -0.1) is 0 Å². The molecule has 0 spiro atoms. The molecule has 0 heterocycles. The lowest BCUT2D eigenvalue weighted by Gasteiger charge is -2.44. The van der Waals surface area contributed by atoms with E-state index in [1.807, 2.05) is 42.3 Å². The highest BCUT2D eigenvalue weighted by Gasteiger charge is 2.41. The van der Waals surface area contributed by atoms with Crippen LogP contribution in [0.3, 0.4) is 0 Å². The van der Waals surface area contributed by atoms with E-state index in [4.69, 9.17) is 5.73 Å². The van der Waals surface area contributed by atoms with Gasteiger partial charge >= 0.3 is 0 Å². The number of amides is 1. The maximum absolute atomic E-state index is 12.7. The molecule has 2 bridgehead atoms. The van der Waals surface area contributed by atoms with E-state index in [1.54, 1.807) is 0 Å². The minimum absolute atomic E-state index is 0.162. The van der Waals surface area contributed by atoms with Crippen LogP contribution >= 0.6 is 0 Å². The summed E-state index contributed by atoms with van der Waals surface area (Å²) in [7, 11) is 1.89. The smallest absolute Gasteiger partial charge is 0.229 e. The van der Waals surface area contributed by atoms with Crippen LogP contribution in [0, 0.1) is 17.8 Å². The molecule has 1 amide bonds. The first-order valence-corrected chi connectivity index (χ1v) is 7.75. The summed E-state index contributed by atoms with van der Waals surface area (Å²) in [6, 6.07) is 10.2. The fraction of sp³-hybridized carbons (Fsp3) is 0.588. The molecule has 1 aromatic rings. The molecule has 3 rings (SSSR count). The number of nitrogens with zero attached hydrogens (tertiary/aromatic N) is 1. The third-order valence-corrected chi connectivity index (χ3v) is 5.24. The van der Waals surface area contributed by atoms with Crippen molar-refractivity contribution in [2.45, 2.75) is 38.1 Å². The fourth-order valence-corrected chi connectivity index (χ4v) is 4.04. The predicted octanol–water partition coefficient (Wildman–Crippen LogP) is 2.80. The Kier molecular flexibility index (Phi) is 3.79. The second-order valence-electron chi connectivity index (χ2n) is 6.43. The lowest BCUT2D eigenvalue weighted by Crippen LogP contribution is -2.49. The summed E-state index contributed by atoms with van der Waals surface area (Å²) in [6.07, 6.45) is 5.66. The Morgan fingerprint density at radius 3 is 2.35 bits per heavy atom. The number of nitrogens with two attached hydrogens (primary N) is 1. The Morgan fingerprint density at radius 1 is 1.15 bits per heavy atom. The van der Waals surface area contributed by atoms with Crippen LogP contribution in [-0.2, 0) is 4.79 Å². The lowest BCUT2D eigenvalue weighted by atomic mass is 9.65. The largest absolute Gasteiger partial charge is 0.327 e. The van der Waals surface area contributed by atoms with Crippen molar-refractivity contribution in [2.24, 2.45) is 23.5 Å². The van der Waals surface area contributed by atoms with E-state index in [-0.39, 0.29) is 11.8 Å². The van der Waals surface area contributed by atoms with Crippen molar-refractivity contribution < 1.29 is 4.79 Å². The molecule has 2 saturated carbocycles. The van der Waals surface area contributed by atoms with Gasteiger partial charge in [-0.05, 0) is 49.7 Å². The van der Waals surface area contributed by atoms with Gasteiger partial charge in [-0.1, -0.05) is 24.6 Å². The monoisotopic (exact) mass is 272 g/mol. The normalized spacial score (nSPS) is 32.7. The van der Waals surface area contributed by atoms with Gasteiger partial charge in [0.15, 0.2) is 0 Å². The van der Waals surface area contributed by atoms with Gasteiger partial charge in [-0.3, -0.25) is 4.79 Å². The summed E-state index contributed by atoms with van der Waals surface area (Å²) < 4.78 is 0. The molecule has 2 fully saturated rings. The van der Waals surface area contributed by atoms with E-state index in [2.05, 4.69) is 0 Å². The predicted molar refractivity (Wildman–Crippen MR) is 81.4 cm³/mol. The third kappa shape index (κ3) is 2.47. The Morgan fingerprint density at radius 2 is 1.75 bits per heavy atom. The number of carbonyl (C=O) groups excluding carboxylic acids is 1. The molecule has 0 aliphatic heterocycles. The summed E-state index contributed by atoms with van der Waals surface area (Å²) in [5.41, 5.74) is 7.29. The van der Waals surface area contributed by atoms with Gasteiger partial charge in [-0.25, -0.2) is 0 Å². The molecular weight excluding hydrogens is 248 g/mol. The zero-order valence-electron chi connectivity index (χ0n) is 12.2. The van der Waals surface area contributed by atoms with Crippen molar-refractivity contribution in [3.05, 3.63) is 30.3 Å². The highest BCUT2D eigenvalue weighted by atomic mass is 16.2. The van der Waals surface area contributed by atoms with Crippen molar-refractivity contribution in [2.75, 3.05) is 11.9 Å². The molecule has 2 atom stereocenters. The van der Waals surface area contributed by atoms with Crippen molar-refractivity contribution in [3.8, 4) is 0 Å². The molecule has 2 aliphatic rings. The lowest BCUT2D eigenvalue weighted by molar-refractivity contribution is -0.124. The first-order chi connectivity index (χ1) is 9.66. The molecule has 2 unspecified atom stereocenters. The van der Waals surface area contributed by atoms with Crippen LogP contribution in [-0.4, -0.2) is 19.0 Å². The van der Waals surface area contributed by atoms with Crippen LogP contribution in [0.5, 0.6) is 0 Å². The quantitative estimate of drug-likeness (QED) is 0.900. The highest BCUT2D eigenvalue weighted by Crippen LogP contribution is 2.42.